The molecule has 4 nitrogen and oxygen atoms in total. The van der Waals surface area contributed by atoms with Gasteiger partial charge in [0.05, 0.1) is 17.2 Å². The van der Waals surface area contributed by atoms with E-state index in [1.807, 2.05) is 24.3 Å². The smallest absolute Gasteiger partial charge is 0.416 e. The van der Waals surface area contributed by atoms with Crippen LogP contribution in [0.1, 0.15) is 52.9 Å². The van der Waals surface area contributed by atoms with Crippen molar-refractivity contribution in [1.29, 1.82) is 0 Å². The lowest BCUT2D eigenvalue weighted by atomic mass is 9.87. The number of nitrogens with one attached hydrogen (secondary N) is 1. The number of amides is 1. The van der Waals surface area contributed by atoms with Crippen LogP contribution in [-0.4, -0.2) is 18.0 Å². The highest BCUT2D eigenvalue weighted by Crippen LogP contribution is 2.30. The SMILES string of the molecule is C[C@H](OC(=O)c1ccc(C(F)(F)F)cc1)C(=O)N[C@@H]1CCCc2ccccc21. The Bertz CT molecular complexity index is 862. The number of carbonyl (C=O) groups is 2. The van der Waals surface area contributed by atoms with Crippen LogP contribution in [-0.2, 0) is 22.1 Å². The van der Waals surface area contributed by atoms with Crippen LogP contribution in [0.3, 0.4) is 0 Å². The highest BCUT2D eigenvalue weighted by atomic mass is 19.4. The Hall–Kier alpha value is -2.83. The van der Waals surface area contributed by atoms with Crippen molar-refractivity contribution >= 4 is 11.9 Å². The van der Waals surface area contributed by atoms with E-state index in [0.717, 1.165) is 49.1 Å². The molecule has 0 heterocycles. The van der Waals surface area contributed by atoms with Crippen LogP contribution in [0.4, 0.5) is 13.2 Å². The molecule has 0 fully saturated rings. The molecule has 1 aliphatic rings. The molecule has 2 atom stereocenters. The van der Waals surface area contributed by atoms with Crippen molar-refractivity contribution in [3.63, 3.8) is 0 Å². The molecule has 2 aromatic rings. The summed E-state index contributed by atoms with van der Waals surface area (Å²) in [5, 5.41) is 2.90. The second-order valence-electron chi connectivity index (χ2n) is 6.77. The third kappa shape index (κ3) is 4.52. The minimum atomic E-state index is -4.48. The minimum Gasteiger partial charge on any atom is -0.449 e. The zero-order valence-electron chi connectivity index (χ0n) is 15.3. The lowest BCUT2D eigenvalue weighted by Crippen LogP contribution is -2.39. The molecule has 3 rings (SSSR count). The van der Waals surface area contributed by atoms with Crippen LogP contribution in [0.2, 0.25) is 0 Å². The standard InChI is InChI=1S/C21H20F3NO3/c1-13(28-20(27)15-9-11-16(12-10-15)21(22,23)24)19(26)25-18-8-4-6-14-5-2-3-7-17(14)18/h2-3,5,7,9-13,18H,4,6,8H2,1H3,(H,25,26)/t13-,18+/m0/s1. The van der Waals surface area contributed by atoms with Gasteiger partial charge in [-0.25, -0.2) is 4.79 Å². The van der Waals surface area contributed by atoms with Crippen molar-refractivity contribution in [2.24, 2.45) is 0 Å². The molecule has 2 aromatic carbocycles. The van der Waals surface area contributed by atoms with Gasteiger partial charge >= 0.3 is 12.1 Å². The first-order chi connectivity index (χ1) is 13.3. The summed E-state index contributed by atoms with van der Waals surface area (Å²) in [7, 11) is 0. The summed E-state index contributed by atoms with van der Waals surface area (Å²) in [4.78, 5) is 24.6. The number of aryl methyl sites for hydroxylation is 1. The van der Waals surface area contributed by atoms with E-state index in [-0.39, 0.29) is 11.6 Å². The number of alkyl halides is 3. The second kappa shape index (κ2) is 8.04. The highest BCUT2D eigenvalue weighted by molar-refractivity contribution is 5.92. The van der Waals surface area contributed by atoms with E-state index < -0.39 is 29.7 Å². The average molecular weight is 391 g/mol. The van der Waals surface area contributed by atoms with Crippen LogP contribution in [0.15, 0.2) is 48.5 Å². The van der Waals surface area contributed by atoms with Crippen LogP contribution in [0, 0.1) is 0 Å². The zero-order valence-corrected chi connectivity index (χ0v) is 15.3. The molecular weight excluding hydrogens is 371 g/mol. The molecule has 7 heteroatoms. The summed E-state index contributed by atoms with van der Waals surface area (Å²) in [6.45, 7) is 1.44. The molecular formula is C21H20F3NO3. The quantitative estimate of drug-likeness (QED) is 0.784. The van der Waals surface area contributed by atoms with E-state index in [9.17, 15) is 22.8 Å². The van der Waals surface area contributed by atoms with E-state index in [1.54, 1.807) is 0 Å². The van der Waals surface area contributed by atoms with Gasteiger partial charge < -0.3 is 10.1 Å². The Morgan fingerprint density at radius 1 is 1.11 bits per heavy atom. The molecule has 0 aliphatic heterocycles. The molecule has 0 unspecified atom stereocenters. The summed E-state index contributed by atoms with van der Waals surface area (Å²) in [6.07, 6.45) is -2.85. The number of hydrogen-bond acceptors (Lipinski definition) is 3. The molecule has 1 N–H and O–H groups in total. The fraction of sp³-hybridized carbons (Fsp3) is 0.333. The number of ether oxygens (including phenoxy) is 1. The van der Waals surface area contributed by atoms with Crippen molar-refractivity contribution in [3.8, 4) is 0 Å². The molecule has 28 heavy (non-hydrogen) atoms. The molecule has 0 saturated heterocycles. The maximum atomic E-state index is 12.6. The van der Waals surface area contributed by atoms with Gasteiger partial charge in [0.15, 0.2) is 6.10 Å². The number of rotatable bonds is 4. The zero-order chi connectivity index (χ0) is 20.3. The van der Waals surface area contributed by atoms with Crippen molar-refractivity contribution in [1.82, 2.24) is 5.32 Å². The third-order valence-corrected chi connectivity index (χ3v) is 4.79. The topological polar surface area (TPSA) is 55.4 Å². The van der Waals surface area contributed by atoms with Gasteiger partial charge in [0.2, 0.25) is 0 Å². The number of esters is 1. The van der Waals surface area contributed by atoms with Crippen LogP contribution >= 0.6 is 0 Å². The van der Waals surface area contributed by atoms with Gasteiger partial charge in [0.25, 0.3) is 5.91 Å². The largest absolute Gasteiger partial charge is 0.449 e. The Morgan fingerprint density at radius 2 is 1.79 bits per heavy atom. The van der Waals surface area contributed by atoms with Crippen LogP contribution < -0.4 is 5.32 Å². The predicted octanol–water partition coefficient (Wildman–Crippen LogP) is 4.44. The summed E-state index contributed by atoms with van der Waals surface area (Å²) in [6, 6.07) is 11.4. The normalized spacial score (nSPS) is 17.4. The van der Waals surface area contributed by atoms with Crippen LogP contribution in [0.5, 0.6) is 0 Å². The number of fused-ring (bicyclic) bond motifs is 1. The summed E-state index contributed by atoms with van der Waals surface area (Å²) in [5.74, 6) is -1.29. The summed E-state index contributed by atoms with van der Waals surface area (Å²) in [5.41, 5.74) is 1.35. The van der Waals surface area contributed by atoms with E-state index in [2.05, 4.69) is 5.32 Å². The van der Waals surface area contributed by atoms with Gasteiger partial charge in [0, 0.05) is 0 Å². The van der Waals surface area contributed by atoms with Crippen molar-refractivity contribution in [2.45, 2.75) is 44.5 Å². The molecule has 0 saturated carbocycles. The number of carbonyl (C=O) groups excluding carboxylic acids is 2. The number of hydrogen-bond donors (Lipinski definition) is 1. The maximum Gasteiger partial charge on any atom is 0.416 e. The Balaban J connectivity index is 1.61. The Morgan fingerprint density at radius 3 is 2.46 bits per heavy atom. The van der Waals surface area contributed by atoms with Gasteiger partial charge in [0.1, 0.15) is 0 Å². The first-order valence-corrected chi connectivity index (χ1v) is 9.02. The highest BCUT2D eigenvalue weighted by Gasteiger charge is 2.30. The lowest BCUT2D eigenvalue weighted by molar-refractivity contribution is -0.137. The first kappa shape index (κ1) is 19.9. The van der Waals surface area contributed by atoms with E-state index in [0.29, 0.717) is 0 Å². The fourth-order valence-electron chi connectivity index (χ4n) is 3.27. The molecule has 1 amide bonds. The van der Waals surface area contributed by atoms with Crippen molar-refractivity contribution < 1.29 is 27.5 Å². The molecule has 0 bridgehead atoms. The average Bonchev–Trinajstić information content (AvgIpc) is 2.67. The molecule has 1 aliphatic carbocycles. The predicted molar refractivity (Wildman–Crippen MR) is 96.6 cm³/mol. The molecule has 0 aromatic heterocycles. The van der Waals surface area contributed by atoms with Gasteiger partial charge in [-0.05, 0) is 61.6 Å². The maximum absolute atomic E-state index is 12.6. The lowest BCUT2D eigenvalue weighted by Gasteiger charge is -2.27. The summed E-state index contributed by atoms with van der Waals surface area (Å²) >= 11 is 0. The van der Waals surface area contributed by atoms with E-state index in [1.165, 1.54) is 12.5 Å². The Labute approximate surface area is 160 Å². The van der Waals surface area contributed by atoms with Gasteiger partial charge in [-0.3, -0.25) is 4.79 Å². The van der Waals surface area contributed by atoms with E-state index in [4.69, 9.17) is 4.74 Å². The summed E-state index contributed by atoms with van der Waals surface area (Å²) < 4.78 is 42.9. The minimum absolute atomic E-state index is 0.0457. The molecule has 0 spiro atoms. The van der Waals surface area contributed by atoms with Gasteiger partial charge in [-0.1, -0.05) is 24.3 Å². The first-order valence-electron chi connectivity index (χ1n) is 9.02. The van der Waals surface area contributed by atoms with E-state index >= 15 is 0 Å². The molecule has 148 valence electrons. The second-order valence-corrected chi connectivity index (χ2v) is 6.77. The monoisotopic (exact) mass is 391 g/mol. The number of benzene rings is 2. The fourth-order valence-corrected chi connectivity index (χ4v) is 3.27. The van der Waals surface area contributed by atoms with Gasteiger partial charge in [-0.15, -0.1) is 0 Å². The Kier molecular flexibility index (Phi) is 5.72. The van der Waals surface area contributed by atoms with Crippen LogP contribution in [0.25, 0.3) is 0 Å². The third-order valence-electron chi connectivity index (χ3n) is 4.79. The number of halogens is 3. The van der Waals surface area contributed by atoms with Crippen molar-refractivity contribution in [2.75, 3.05) is 0 Å². The molecule has 0 radical (unpaired) electrons. The van der Waals surface area contributed by atoms with Gasteiger partial charge in [-0.2, -0.15) is 13.2 Å². The van der Waals surface area contributed by atoms with Crippen molar-refractivity contribution in [3.05, 3.63) is 70.8 Å².